The Morgan fingerprint density at radius 3 is 2.85 bits per heavy atom. The molecule has 70 valence electrons. The maximum absolute atomic E-state index is 10.7. The topological polar surface area (TPSA) is 87.4 Å². The van der Waals surface area contributed by atoms with E-state index in [0.717, 1.165) is 0 Å². The summed E-state index contributed by atoms with van der Waals surface area (Å²) in [4.78, 5) is 10.7. The van der Waals surface area contributed by atoms with Crippen molar-refractivity contribution < 1.29 is 9.90 Å². The molecular formula is C7H8ClN3O2. The summed E-state index contributed by atoms with van der Waals surface area (Å²) < 4.78 is 0. The third-order valence-corrected chi connectivity index (χ3v) is 1.57. The third kappa shape index (κ3) is 2.50. The summed E-state index contributed by atoms with van der Waals surface area (Å²) in [6.07, 6.45) is 0. The van der Waals surface area contributed by atoms with Gasteiger partial charge in [0, 0.05) is 5.02 Å². The summed E-state index contributed by atoms with van der Waals surface area (Å²) in [5.74, 6) is 4.76. The van der Waals surface area contributed by atoms with Crippen molar-refractivity contribution in [2.45, 2.75) is 0 Å². The zero-order chi connectivity index (χ0) is 9.84. The number of nitrogens with one attached hydrogen (secondary N) is 2. The zero-order valence-corrected chi connectivity index (χ0v) is 7.30. The number of aromatic hydroxyl groups is 1. The molecule has 0 spiro atoms. The molecule has 0 aliphatic rings. The second kappa shape index (κ2) is 3.97. The summed E-state index contributed by atoms with van der Waals surface area (Å²) in [5, 5.41) is 11.9. The van der Waals surface area contributed by atoms with Crippen molar-refractivity contribution in [1.82, 2.24) is 5.43 Å². The molecule has 0 unspecified atom stereocenters. The summed E-state index contributed by atoms with van der Waals surface area (Å²) >= 11 is 5.63. The van der Waals surface area contributed by atoms with Crippen LogP contribution in [0.2, 0.25) is 5.02 Å². The molecule has 2 amide bonds. The van der Waals surface area contributed by atoms with E-state index < -0.39 is 6.03 Å². The average Bonchev–Trinajstić information content (AvgIpc) is 2.11. The van der Waals surface area contributed by atoms with Crippen LogP contribution in [0.4, 0.5) is 10.5 Å². The van der Waals surface area contributed by atoms with E-state index in [1.54, 1.807) is 0 Å². The standard InChI is InChI=1S/C7H8ClN3O2/c8-4-1-2-6(12)5(3-4)10-7(13)11-9/h1-3,12H,9H2,(H2,10,11,13). The number of rotatable bonds is 1. The van der Waals surface area contributed by atoms with E-state index in [2.05, 4.69) is 5.32 Å². The number of urea groups is 1. The first kappa shape index (κ1) is 9.63. The maximum Gasteiger partial charge on any atom is 0.333 e. The predicted octanol–water partition coefficient (Wildman–Crippen LogP) is 1.04. The number of benzene rings is 1. The largest absolute Gasteiger partial charge is 0.506 e. The highest BCUT2D eigenvalue weighted by Gasteiger charge is 2.04. The number of carbonyl (C=O) groups excluding carboxylic acids is 1. The fourth-order valence-electron chi connectivity index (χ4n) is 0.767. The van der Waals surface area contributed by atoms with Crippen LogP contribution < -0.4 is 16.6 Å². The Kier molecular flexibility index (Phi) is 2.94. The quantitative estimate of drug-likeness (QED) is 0.237. The number of carbonyl (C=O) groups is 1. The fourth-order valence-corrected chi connectivity index (χ4v) is 0.939. The van der Waals surface area contributed by atoms with Crippen LogP contribution in [0.5, 0.6) is 5.75 Å². The summed E-state index contributed by atoms with van der Waals surface area (Å²) in [7, 11) is 0. The van der Waals surface area contributed by atoms with Crippen LogP contribution >= 0.6 is 11.6 Å². The molecule has 0 saturated heterocycles. The molecule has 13 heavy (non-hydrogen) atoms. The van der Waals surface area contributed by atoms with E-state index in [4.69, 9.17) is 17.4 Å². The normalized spacial score (nSPS) is 9.38. The van der Waals surface area contributed by atoms with Crippen molar-refractivity contribution in [2.75, 3.05) is 5.32 Å². The fraction of sp³-hybridized carbons (Fsp3) is 0. The SMILES string of the molecule is NNC(=O)Nc1cc(Cl)ccc1O. The minimum atomic E-state index is -0.627. The lowest BCUT2D eigenvalue weighted by molar-refractivity contribution is 0.252. The molecule has 0 aliphatic carbocycles. The van der Waals surface area contributed by atoms with Gasteiger partial charge in [0.25, 0.3) is 0 Å². The first-order chi connectivity index (χ1) is 6.13. The monoisotopic (exact) mass is 201 g/mol. The maximum atomic E-state index is 10.7. The number of nitrogens with two attached hydrogens (primary N) is 1. The Morgan fingerprint density at radius 1 is 1.54 bits per heavy atom. The van der Waals surface area contributed by atoms with Crippen molar-refractivity contribution in [2.24, 2.45) is 5.84 Å². The predicted molar refractivity (Wildman–Crippen MR) is 49.5 cm³/mol. The Hall–Kier alpha value is -1.46. The van der Waals surface area contributed by atoms with Crippen molar-refractivity contribution in [1.29, 1.82) is 0 Å². The smallest absolute Gasteiger partial charge is 0.333 e. The van der Waals surface area contributed by atoms with Crippen LogP contribution in [0, 0.1) is 0 Å². The van der Waals surface area contributed by atoms with Gasteiger partial charge < -0.3 is 10.4 Å². The number of hydrogen-bond acceptors (Lipinski definition) is 3. The molecule has 0 saturated carbocycles. The van der Waals surface area contributed by atoms with Crippen molar-refractivity contribution in [3.63, 3.8) is 0 Å². The summed E-state index contributed by atoms with van der Waals surface area (Å²) in [6, 6.07) is 3.65. The van der Waals surface area contributed by atoms with Gasteiger partial charge in [-0.25, -0.2) is 10.6 Å². The number of amides is 2. The summed E-state index contributed by atoms with van der Waals surface area (Å²) in [6.45, 7) is 0. The molecule has 0 bridgehead atoms. The molecule has 0 radical (unpaired) electrons. The highest BCUT2D eigenvalue weighted by atomic mass is 35.5. The van der Waals surface area contributed by atoms with E-state index in [1.165, 1.54) is 18.2 Å². The van der Waals surface area contributed by atoms with Gasteiger partial charge in [-0.15, -0.1) is 0 Å². The van der Waals surface area contributed by atoms with E-state index >= 15 is 0 Å². The molecule has 0 aromatic heterocycles. The molecule has 6 heteroatoms. The Balaban J connectivity index is 2.87. The van der Waals surface area contributed by atoms with E-state index in [-0.39, 0.29) is 11.4 Å². The number of phenolic OH excluding ortho intramolecular Hbond substituents is 1. The van der Waals surface area contributed by atoms with Gasteiger partial charge in [0.1, 0.15) is 5.75 Å². The second-order valence-corrected chi connectivity index (χ2v) is 2.70. The van der Waals surface area contributed by atoms with Gasteiger partial charge in [0.05, 0.1) is 5.69 Å². The molecule has 0 fully saturated rings. The minimum Gasteiger partial charge on any atom is -0.506 e. The lowest BCUT2D eigenvalue weighted by atomic mass is 10.3. The van der Waals surface area contributed by atoms with Crippen LogP contribution in [0.25, 0.3) is 0 Å². The van der Waals surface area contributed by atoms with Crippen molar-refractivity contribution in [3.05, 3.63) is 23.2 Å². The number of anilines is 1. The molecular weight excluding hydrogens is 194 g/mol. The van der Waals surface area contributed by atoms with Crippen LogP contribution in [0.15, 0.2) is 18.2 Å². The Morgan fingerprint density at radius 2 is 2.23 bits per heavy atom. The van der Waals surface area contributed by atoms with Crippen LogP contribution in [-0.2, 0) is 0 Å². The Labute approximate surface area is 79.5 Å². The molecule has 1 aromatic carbocycles. The second-order valence-electron chi connectivity index (χ2n) is 2.26. The van der Waals surface area contributed by atoms with Gasteiger partial charge in [-0.3, -0.25) is 5.43 Å². The highest BCUT2D eigenvalue weighted by molar-refractivity contribution is 6.31. The van der Waals surface area contributed by atoms with Gasteiger partial charge in [-0.1, -0.05) is 11.6 Å². The first-order valence-corrected chi connectivity index (χ1v) is 3.77. The molecule has 0 aliphatic heterocycles. The van der Waals surface area contributed by atoms with Crippen LogP contribution in [-0.4, -0.2) is 11.1 Å². The zero-order valence-electron chi connectivity index (χ0n) is 6.54. The van der Waals surface area contributed by atoms with Gasteiger partial charge in [-0.05, 0) is 18.2 Å². The number of phenols is 1. The number of hydrogen-bond donors (Lipinski definition) is 4. The van der Waals surface area contributed by atoms with Crippen LogP contribution in [0.3, 0.4) is 0 Å². The van der Waals surface area contributed by atoms with E-state index in [1.807, 2.05) is 5.43 Å². The van der Waals surface area contributed by atoms with Crippen molar-refractivity contribution >= 4 is 23.3 Å². The molecule has 1 aromatic rings. The van der Waals surface area contributed by atoms with E-state index in [9.17, 15) is 9.90 Å². The van der Waals surface area contributed by atoms with Gasteiger partial charge in [0.2, 0.25) is 0 Å². The van der Waals surface area contributed by atoms with Gasteiger partial charge in [-0.2, -0.15) is 0 Å². The first-order valence-electron chi connectivity index (χ1n) is 3.39. The molecule has 5 nitrogen and oxygen atoms in total. The summed E-state index contributed by atoms with van der Waals surface area (Å²) in [5.41, 5.74) is 2.06. The third-order valence-electron chi connectivity index (χ3n) is 1.34. The highest BCUT2D eigenvalue weighted by Crippen LogP contribution is 2.26. The van der Waals surface area contributed by atoms with E-state index in [0.29, 0.717) is 5.02 Å². The Bertz CT molecular complexity index is 330. The van der Waals surface area contributed by atoms with Crippen LogP contribution in [0.1, 0.15) is 0 Å². The average molecular weight is 202 g/mol. The molecule has 1 rings (SSSR count). The lowest BCUT2D eigenvalue weighted by Crippen LogP contribution is -2.34. The van der Waals surface area contributed by atoms with Gasteiger partial charge >= 0.3 is 6.03 Å². The number of hydrazine groups is 1. The number of halogens is 1. The van der Waals surface area contributed by atoms with Gasteiger partial charge in [0.15, 0.2) is 0 Å². The minimum absolute atomic E-state index is 0.0759. The molecule has 5 N–H and O–H groups in total. The molecule has 0 atom stereocenters. The van der Waals surface area contributed by atoms with Crippen molar-refractivity contribution in [3.8, 4) is 5.75 Å². The molecule has 0 heterocycles. The lowest BCUT2D eigenvalue weighted by Gasteiger charge is -2.06.